The van der Waals surface area contributed by atoms with Crippen molar-refractivity contribution in [2.75, 3.05) is 20.3 Å². The number of nitrogens with one attached hydrogen (secondary N) is 1. The highest BCUT2D eigenvalue weighted by Gasteiger charge is 2.51. The summed E-state index contributed by atoms with van der Waals surface area (Å²) in [5.41, 5.74) is -2.75. The van der Waals surface area contributed by atoms with Crippen LogP contribution in [0.2, 0.25) is 36.3 Å². The molecule has 2 aliphatic heterocycles. The number of rotatable bonds is 12. The van der Waals surface area contributed by atoms with Crippen LogP contribution in [0.15, 0.2) is 24.3 Å². The summed E-state index contributed by atoms with van der Waals surface area (Å²) in [4.78, 5) is 15.8. The SMILES string of the molecule is COc1ccc(P2(=S)O[C@H](CO[Si](C)(C)C(C)(C)C(C)C)[C@@H](O[Si](C)(C)C(C)(C)C(C)C)C[C@@H](N3CCC(=S)NC3=O)S2)cc1. The van der Waals surface area contributed by atoms with Crippen molar-refractivity contribution in [2.45, 2.75) is 122 Å². The number of methoxy groups -OCH3 is 1. The minimum atomic E-state index is -2.75. The van der Waals surface area contributed by atoms with Crippen LogP contribution in [0.4, 0.5) is 4.79 Å². The maximum atomic E-state index is 13.4. The van der Waals surface area contributed by atoms with E-state index in [1.807, 2.05) is 29.2 Å². The summed E-state index contributed by atoms with van der Waals surface area (Å²) in [7, 11) is -2.88. The molecule has 256 valence electrons. The van der Waals surface area contributed by atoms with Crippen molar-refractivity contribution >= 4 is 73.8 Å². The predicted octanol–water partition coefficient (Wildman–Crippen LogP) is 8.91. The topological polar surface area (TPSA) is 69.3 Å². The van der Waals surface area contributed by atoms with Gasteiger partial charge in [0.05, 0.1) is 30.2 Å². The maximum absolute atomic E-state index is 13.4. The largest absolute Gasteiger partial charge is 0.497 e. The molecule has 2 heterocycles. The first-order valence-electron chi connectivity index (χ1n) is 16.1. The first-order valence-corrected chi connectivity index (χ1v) is 26.5. The van der Waals surface area contributed by atoms with Crippen LogP contribution in [-0.4, -0.2) is 70.4 Å². The van der Waals surface area contributed by atoms with Crippen molar-refractivity contribution in [2.24, 2.45) is 11.8 Å². The van der Waals surface area contributed by atoms with Crippen molar-refractivity contribution in [3.05, 3.63) is 24.3 Å². The van der Waals surface area contributed by atoms with E-state index in [4.69, 9.17) is 42.1 Å². The van der Waals surface area contributed by atoms with E-state index in [2.05, 4.69) is 86.9 Å². The van der Waals surface area contributed by atoms with Crippen molar-refractivity contribution in [3.8, 4) is 5.75 Å². The van der Waals surface area contributed by atoms with E-state index in [0.717, 1.165) is 11.1 Å². The summed E-state index contributed by atoms with van der Waals surface area (Å²) in [6.07, 6.45) is 0.508. The minimum absolute atomic E-state index is 0.00806. The summed E-state index contributed by atoms with van der Waals surface area (Å²) >= 11 is 13.5. The molecule has 2 fully saturated rings. The van der Waals surface area contributed by atoms with Crippen LogP contribution < -0.4 is 15.4 Å². The fourth-order valence-corrected chi connectivity index (χ4v) is 17.3. The molecule has 0 bridgehead atoms. The number of thiocarbonyl (C=S) groups is 1. The Hall–Kier alpha value is -0.306. The third kappa shape index (κ3) is 8.65. The number of carbonyl (C=O) groups excluding carboxylic acids is 1. The number of ether oxygens (including phenoxy) is 1. The lowest BCUT2D eigenvalue weighted by atomic mass is 9.99. The number of hydrogen-bond donors (Lipinski definition) is 1. The molecule has 1 aromatic rings. The van der Waals surface area contributed by atoms with E-state index in [9.17, 15) is 4.79 Å². The Morgan fingerprint density at radius 1 is 1.04 bits per heavy atom. The second kappa shape index (κ2) is 14.7. The lowest BCUT2D eigenvalue weighted by Gasteiger charge is -2.47. The highest BCUT2D eigenvalue weighted by atomic mass is 32.9. The Labute approximate surface area is 289 Å². The Bertz CT molecular complexity index is 1260. The van der Waals surface area contributed by atoms with Gasteiger partial charge in [-0.05, 0) is 72.4 Å². The lowest BCUT2D eigenvalue weighted by Crippen LogP contribution is -2.55. The summed E-state index contributed by atoms with van der Waals surface area (Å²) in [6.45, 7) is 28.5. The van der Waals surface area contributed by atoms with E-state index in [-0.39, 0.29) is 27.6 Å². The van der Waals surface area contributed by atoms with Gasteiger partial charge in [0.15, 0.2) is 22.1 Å². The molecule has 1 N–H and O–H groups in total. The standard InChI is InChI=1S/C32H57N2O5PS3Si2/c1-22(2)31(5,6)44(10,11)37-21-27-26(39-45(12,13)32(7,8)23(3)4)20-29(34-19-18-28(41)33-30(34)35)43-40(42,38-27)25-16-14-24(36-9)15-17-25/h14-17,22-23,26-27,29H,18-21H2,1-13H3,(H,33,35,41)/t26-,27+,29-,40?/m0/s1. The fraction of sp³-hybridized carbons (Fsp3) is 0.750. The molecule has 7 nitrogen and oxygen atoms in total. The molecule has 3 rings (SSSR count). The van der Waals surface area contributed by atoms with Crippen molar-refractivity contribution < 1.29 is 22.9 Å². The second-order valence-electron chi connectivity index (χ2n) is 15.2. The van der Waals surface area contributed by atoms with E-state index >= 15 is 0 Å². The fourth-order valence-electron chi connectivity index (χ4n) is 5.41. The molecule has 2 saturated heterocycles. The zero-order valence-electron chi connectivity index (χ0n) is 29.7. The van der Waals surface area contributed by atoms with Crippen molar-refractivity contribution in [3.63, 3.8) is 0 Å². The Morgan fingerprint density at radius 2 is 1.60 bits per heavy atom. The quantitative estimate of drug-likeness (QED) is 0.130. The number of nitrogens with zero attached hydrogens (tertiary/aromatic N) is 1. The van der Waals surface area contributed by atoms with Gasteiger partial charge in [-0.25, -0.2) is 4.79 Å². The molecule has 0 spiro atoms. The zero-order valence-corrected chi connectivity index (χ0v) is 35.0. The van der Waals surface area contributed by atoms with Crippen molar-refractivity contribution in [1.82, 2.24) is 10.2 Å². The first-order chi connectivity index (χ1) is 20.6. The molecule has 0 radical (unpaired) electrons. The number of carbonyl (C=O) groups is 1. The molecular formula is C32H57N2O5PS3Si2. The minimum Gasteiger partial charge on any atom is -0.497 e. The molecule has 0 aliphatic carbocycles. The van der Waals surface area contributed by atoms with E-state index in [1.165, 1.54) is 0 Å². The molecule has 1 aromatic carbocycles. The highest BCUT2D eigenvalue weighted by molar-refractivity contribution is 8.71. The third-order valence-electron chi connectivity index (χ3n) is 11.3. The molecule has 2 amide bonds. The first kappa shape index (κ1) is 39.1. The average Bonchev–Trinajstić information content (AvgIpc) is 3.07. The van der Waals surface area contributed by atoms with Gasteiger partial charge in [0.2, 0.25) is 0 Å². The average molecular weight is 733 g/mol. The molecule has 1 unspecified atom stereocenters. The number of amides is 2. The monoisotopic (exact) mass is 732 g/mol. The molecule has 0 saturated carbocycles. The predicted molar refractivity (Wildman–Crippen MR) is 204 cm³/mol. The van der Waals surface area contributed by atoms with Gasteiger partial charge in [-0.3, -0.25) is 0 Å². The maximum Gasteiger partial charge on any atom is 0.323 e. The van der Waals surface area contributed by atoms with Gasteiger partial charge in [0.1, 0.15) is 11.9 Å². The molecule has 2 aliphatic rings. The molecule has 13 heteroatoms. The Balaban J connectivity index is 2.13. The highest BCUT2D eigenvalue weighted by Crippen LogP contribution is 2.65. The van der Waals surface area contributed by atoms with Gasteiger partial charge in [-0.2, -0.15) is 0 Å². The normalized spacial score (nSPS) is 25.8. The lowest BCUT2D eigenvalue weighted by molar-refractivity contribution is 0.0108. The van der Waals surface area contributed by atoms with Gasteiger partial charge >= 0.3 is 6.03 Å². The van der Waals surface area contributed by atoms with Crippen LogP contribution in [0.3, 0.4) is 0 Å². The number of benzene rings is 1. The number of hydrogen-bond acceptors (Lipinski definition) is 8. The zero-order chi connectivity index (χ0) is 34.2. The Kier molecular flexibility index (Phi) is 12.8. The van der Waals surface area contributed by atoms with Gasteiger partial charge in [0, 0.05) is 24.7 Å². The van der Waals surface area contributed by atoms with Crippen LogP contribution in [0.5, 0.6) is 5.75 Å². The van der Waals surface area contributed by atoms with Gasteiger partial charge in [-0.15, -0.1) is 0 Å². The van der Waals surface area contributed by atoms with Crippen LogP contribution in [-0.2, 0) is 25.2 Å². The van der Waals surface area contributed by atoms with Crippen molar-refractivity contribution in [1.29, 1.82) is 0 Å². The summed E-state index contributed by atoms with van der Waals surface area (Å²) in [5, 5.41) is 3.61. The number of urea groups is 1. The molecule has 45 heavy (non-hydrogen) atoms. The van der Waals surface area contributed by atoms with Crippen LogP contribution >= 0.6 is 29.1 Å². The van der Waals surface area contributed by atoms with E-state index < -0.39 is 28.2 Å². The van der Waals surface area contributed by atoms with Gasteiger partial charge in [0.25, 0.3) is 0 Å². The van der Waals surface area contributed by atoms with Gasteiger partial charge < -0.3 is 28.3 Å². The molecule has 0 aromatic heterocycles. The summed E-state index contributed by atoms with van der Waals surface area (Å²) < 4.78 is 27.0. The summed E-state index contributed by atoms with van der Waals surface area (Å²) in [6, 6.07) is 7.70. The van der Waals surface area contributed by atoms with Crippen LogP contribution in [0.25, 0.3) is 0 Å². The van der Waals surface area contributed by atoms with Crippen LogP contribution in [0.1, 0.15) is 68.2 Å². The van der Waals surface area contributed by atoms with Gasteiger partial charge in [-0.1, -0.05) is 90.8 Å². The van der Waals surface area contributed by atoms with E-state index in [0.29, 0.717) is 42.8 Å². The third-order valence-corrected chi connectivity index (χ3v) is 27.3. The summed E-state index contributed by atoms with van der Waals surface area (Å²) in [5.74, 6) is 1.66. The molecular weight excluding hydrogens is 676 g/mol. The van der Waals surface area contributed by atoms with Crippen LogP contribution in [0, 0.1) is 11.8 Å². The van der Waals surface area contributed by atoms with E-state index in [1.54, 1.807) is 18.5 Å². The smallest absolute Gasteiger partial charge is 0.323 e. The second-order valence-corrected chi connectivity index (χ2v) is 31.7. The Morgan fingerprint density at radius 3 is 2.11 bits per heavy atom. The molecule has 4 atom stereocenters.